The summed E-state index contributed by atoms with van der Waals surface area (Å²) < 4.78 is 4.97. The molecule has 0 fully saturated rings. The molecule has 3 aromatic rings. The Hall–Kier alpha value is -2.89. The number of hydrogen-bond acceptors (Lipinski definition) is 4. The molecule has 0 aliphatic rings. The van der Waals surface area contributed by atoms with Crippen LogP contribution in [0.1, 0.15) is 10.4 Å². The van der Waals surface area contributed by atoms with E-state index < -0.39 is 0 Å². The van der Waals surface area contributed by atoms with Crippen LogP contribution in [-0.2, 0) is 0 Å². The summed E-state index contributed by atoms with van der Waals surface area (Å²) in [4.78, 5) is 16.3. The summed E-state index contributed by atoms with van der Waals surface area (Å²) in [6.07, 6.45) is 3.23. The number of amides is 1. The summed E-state index contributed by atoms with van der Waals surface area (Å²) in [5.74, 6) is 0.283. The minimum Gasteiger partial charge on any atom is -0.481 e. The minimum absolute atomic E-state index is 0.216. The molecule has 1 aromatic carbocycles. The highest BCUT2D eigenvalue weighted by Gasteiger charge is 2.11. The van der Waals surface area contributed by atoms with Crippen molar-refractivity contribution in [2.24, 2.45) is 0 Å². The van der Waals surface area contributed by atoms with E-state index in [1.807, 2.05) is 12.1 Å². The van der Waals surface area contributed by atoms with E-state index in [1.165, 1.54) is 0 Å². The number of fused-ring (bicyclic) bond motifs is 1. The first kappa shape index (κ1) is 12.2. The molecule has 0 aliphatic carbocycles. The number of carbonyl (C=O) groups excluding carboxylic acids is 1. The molecule has 0 atom stereocenters. The first-order valence-corrected chi connectivity index (χ1v) is 6.01. The highest BCUT2D eigenvalue weighted by molar-refractivity contribution is 6.11. The number of nitrogens with zero attached hydrogens (tertiary/aromatic N) is 2. The van der Waals surface area contributed by atoms with Crippen LogP contribution in [0.3, 0.4) is 0 Å². The third-order valence-corrected chi connectivity index (χ3v) is 2.92. The van der Waals surface area contributed by atoms with Gasteiger partial charge in [0.2, 0.25) is 5.88 Å². The Balaban J connectivity index is 1.87. The number of para-hydroxylation sites is 1. The standard InChI is InChI=1S/C14H12N4O2/c1-20-12-6-5-10(8-15-12)17-14(19)11-4-2-3-9-7-16-18-13(9)11/h2-8H,1H3,(H,16,18)(H,17,19). The number of pyridine rings is 1. The zero-order chi connectivity index (χ0) is 13.9. The fraction of sp³-hybridized carbons (Fsp3) is 0.0714. The number of aromatic amines is 1. The van der Waals surface area contributed by atoms with Gasteiger partial charge in [0, 0.05) is 11.5 Å². The van der Waals surface area contributed by atoms with Gasteiger partial charge < -0.3 is 10.1 Å². The predicted octanol–water partition coefficient (Wildman–Crippen LogP) is 2.22. The molecule has 0 unspecified atom stereocenters. The summed E-state index contributed by atoms with van der Waals surface area (Å²) >= 11 is 0. The largest absolute Gasteiger partial charge is 0.481 e. The molecule has 3 rings (SSSR count). The molecule has 6 nitrogen and oxygen atoms in total. The van der Waals surface area contributed by atoms with Crippen LogP contribution in [0.15, 0.2) is 42.7 Å². The monoisotopic (exact) mass is 268 g/mol. The maximum Gasteiger partial charge on any atom is 0.257 e. The lowest BCUT2D eigenvalue weighted by atomic mass is 10.1. The van der Waals surface area contributed by atoms with Crippen LogP contribution in [0, 0.1) is 0 Å². The second-order valence-electron chi connectivity index (χ2n) is 4.18. The average Bonchev–Trinajstić information content (AvgIpc) is 2.96. The number of anilines is 1. The average molecular weight is 268 g/mol. The van der Waals surface area contributed by atoms with Crippen LogP contribution >= 0.6 is 0 Å². The first-order valence-electron chi connectivity index (χ1n) is 6.01. The Kier molecular flexibility index (Phi) is 3.04. The Morgan fingerprint density at radius 2 is 2.15 bits per heavy atom. The summed E-state index contributed by atoms with van der Waals surface area (Å²) in [5, 5.41) is 10.4. The van der Waals surface area contributed by atoms with Crippen molar-refractivity contribution in [3.8, 4) is 5.88 Å². The van der Waals surface area contributed by atoms with Crippen LogP contribution in [0.2, 0.25) is 0 Å². The van der Waals surface area contributed by atoms with Crippen LogP contribution < -0.4 is 10.1 Å². The van der Waals surface area contributed by atoms with Crippen molar-refractivity contribution in [3.05, 3.63) is 48.3 Å². The molecule has 0 aliphatic heterocycles. The van der Waals surface area contributed by atoms with Gasteiger partial charge in [0.05, 0.1) is 36.3 Å². The molecule has 1 amide bonds. The van der Waals surface area contributed by atoms with Crippen molar-refractivity contribution in [2.45, 2.75) is 0 Å². The Labute approximate surface area is 114 Å². The number of carbonyl (C=O) groups is 1. The van der Waals surface area contributed by atoms with E-state index in [0.717, 1.165) is 5.39 Å². The van der Waals surface area contributed by atoms with Gasteiger partial charge in [-0.25, -0.2) is 4.98 Å². The van der Waals surface area contributed by atoms with Gasteiger partial charge in [-0.3, -0.25) is 9.89 Å². The van der Waals surface area contributed by atoms with Crippen molar-refractivity contribution in [3.63, 3.8) is 0 Å². The second-order valence-corrected chi connectivity index (χ2v) is 4.18. The Morgan fingerprint density at radius 3 is 2.90 bits per heavy atom. The molecule has 2 N–H and O–H groups in total. The molecule has 2 aromatic heterocycles. The number of ether oxygens (including phenoxy) is 1. The molecule has 0 saturated heterocycles. The molecule has 2 heterocycles. The van der Waals surface area contributed by atoms with Crippen molar-refractivity contribution in [1.82, 2.24) is 15.2 Å². The van der Waals surface area contributed by atoms with Gasteiger partial charge in [-0.05, 0) is 12.1 Å². The van der Waals surface area contributed by atoms with E-state index in [2.05, 4.69) is 20.5 Å². The zero-order valence-corrected chi connectivity index (χ0v) is 10.8. The zero-order valence-electron chi connectivity index (χ0n) is 10.8. The van der Waals surface area contributed by atoms with E-state index in [4.69, 9.17) is 4.74 Å². The number of nitrogens with one attached hydrogen (secondary N) is 2. The van der Waals surface area contributed by atoms with E-state index in [0.29, 0.717) is 22.6 Å². The van der Waals surface area contributed by atoms with E-state index in [-0.39, 0.29) is 5.91 Å². The summed E-state index contributed by atoms with van der Waals surface area (Å²) in [6.45, 7) is 0. The van der Waals surface area contributed by atoms with Crippen LogP contribution in [-0.4, -0.2) is 28.2 Å². The number of hydrogen-bond donors (Lipinski definition) is 2. The lowest BCUT2D eigenvalue weighted by Gasteiger charge is -2.06. The van der Waals surface area contributed by atoms with E-state index in [9.17, 15) is 4.79 Å². The second kappa shape index (κ2) is 5.00. The van der Waals surface area contributed by atoms with Crippen molar-refractivity contribution >= 4 is 22.5 Å². The first-order chi connectivity index (χ1) is 9.78. The molecule has 0 radical (unpaired) electrons. The molecule has 6 heteroatoms. The number of aromatic nitrogens is 3. The lowest BCUT2D eigenvalue weighted by molar-refractivity contribution is 0.102. The molecule has 20 heavy (non-hydrogen) atoms. The molecule has 0 spiro atoms. The van der Waals surface area contributed by atoms with Crippen molar-refractivity contribution in [1.29, 1.82) is 0 Å². The third-order valence-electron chi connectivity index (χ3n) is 2.92. The highest BCUT2D eigenvalue weighted by Crippen LogP contribution is 2.18. The highest BCUT2D eigenvalue weighted by atomic mass is 16.5. The van der Waals surface area contributed by atoms with Crippen LogP contribution in [0.4, 0.5) is 5.69 Å². The minimum atomic E-state index is -0.216. The summed E-state index contributed by atoms with van der Waals surface area (Å²) in [7, 11) is 1.54. The fourth-order valence-corrected chi connectivity index (χ4v) is 1.93. The van der Waals surface area contributed by atoms with Gasteiger partial charge in [-0.15, -0.1) is 0 Å². The fourth-order valence-electron chi connectivity index (χ4n) is 1.93. The number of benzene rings is 1. The number of rotatable bonds is 3. The summed E-state index contributed by atoms with van der Waals surface area (Å²) in [6, 6.07) is 8.87. The van der Waals surface area contributed by atoms with Gasteiger partial charge in [0.1, 0.15) is 0 Å². The molecular formula is C14H12N4O2. The van der Waals surface area contributed by atoms with Gasteiger partial charge in [-0.2, -0.15) is 5.10 Å². The van der Waals surface area contributed by atoms with Gasteiger partial charge in [-0.1, -0.05) is 12.1 Å². The van der Waals surface area contributed by atoms with Crippen LogP contribution in [0.25, 0.3) is 10.9 Å². The van der Waals surface area contributed by atoms with E-state index in [1.54, 1.807) is 37.7 Å². The Bertz CT molecular complexity index is 749. The molecule has 0 bridgehead atoms. The quantitative estimate of drug-likeness (QED) is 0.763. The normalized spacial score (nSPS) is 10.4. The third kappa shape index (κ3) is 2.18. The maximum absolute atomic E-state index is 12.3. The molecule has 0 saturated carbocycles. The van der Waals surface area contributed by atoms with Crippen molar-refractivity contribution < 1.29 is 9.53 Å². The van der Waals surface area contributed by atoms with E-state index >= 15 is 0 Å². The van der Waals surface area contributed by atoms with Gasteiger partial charge in [0.25, 0.3) is 5.91 Å². The molecular weight excluding hydrogens is 256 g/mol. The van der Waals surface area contributed by atoms with Crippen molar-refractivity contribution in [2.75, 3.05) is 12.4 Å². The predicted molar refractivity (Wildman–Crippen MR) is 74.8 cm³/mol. The number of H-pyrrole nitrogens is 1. The lowest BCUT2D eigenvalue weighted by Crippen LogP contribution is -2.12. The van der Waals surface area contributed by atoms with Crippen LogP contribution in [0.5, 0.6) is 5.88 Å². The summed E-state index contributed by atoms with van der Waals surface area (Å²) in [5.41, 5.74) is 1.86. The van der Waals surface area contributed by atoms with Gasteiger partial charge in [0.15, 0.2) is 0 Å². The smallest absolute Gasteiger partial charge is 0.257 e. The Morgan fingerprint density at radius 1 is 1.25 bits per heavy atom. The number of methoxy groups -OCH3 is 1. The maximum atomic E-state index is 12.3. The molecule has 100 valence electrons. The van der Waals surface area contributed by atoms with Gasteiger partial charge >= 0.3 is 0 Å². The SMILES string of the molecule is COc1ccc(NC(=O)c2cccc3cn[nH]c23)cn1. The topological polar surface area (TPSA) is 79.9 Å².